The first-order valence-electron chi connectivity index (χ1n) is 11.7. The van der Waals surface area contributed by atoms with Crippen LogP contribution in [0, 0.1) is 0 Å². The van der Waals surface area contributed by atoms with E-state index in [2.05, 4.69) is 5.32 Å². The first-order chi connectivity index (χ1) is 18.7. The van der Waals surface area contributed by atoms with Gasteiger partial charge in [0.15, 0.2) is 0 Å². The number of carbonyl (C=O) groups excluding carboxylic acids is 2. The van der Waals surface area contributed by atoms with E-state index in [1.807, 2.05) is 36.4 Å². The average molecular weight is 577 g/mol. The van der Waals surface area contributed by atoms with Gasteiger partial charge in [-0.3, -0.25) is 9.59 Å². The molecule has 4 aromatic carbocycles. The van der Waals surface area contributed by atoms with Crippen molar-refractivity contribution in [2.45, 2.75) is 4.90 Å². The number of benzene rings is 4. The number of halogens is 2. The van der Waals surface area contributed by atoms with Gasteiger partial charge in [-0.05, 0) is 59.7 Å². The van der Waals surface area contributed by atoms with Crippen LogP contribution < -0.4 is 9.62 Å². The molecule has 0 radical (unpaired) electrons. The lowest BCUT2D eigenvalue weighted by Crippen LogP contribution is -2.36. The van der Waals surface area contributed by atoms with E-state index in [4.69, 9.17) is 23.2 Å². The van der Waals surface area contributed by atoms with E-state index < -0.39 is 21.8 Å². The summed E-state index contributed by atoms with van der Waals surface area (Å²) < 4.78 is 28.3. The lowest BCUT2D eigenvalue weighted by atomic mass is 10.2. The maximum Gasteiger partial charge on any atom is 0.271 e. The molecule has 0 bridgehead atoms. The number of sulfonamides is 1. The Kier molecular flexibility index (Phi) is 8.99. The number of nitrogens with one attached hydrogen (secondary N) is 1. The summed E-state index contributed by atoms with van der Waals surface area (Å²) in [5, 5.41) is 2.97. The van der Waals surface area contributed by atoms with Crippen LogP contribution in [0.25, 0.3) is 12.2 Å². The fourth-order valence-corrected chi connectivity index (χ4v) is 5.32. The number of amides is 2. The zero-order chi connectivity index (χ0) is 27.8. The Labute approximate surface area is 236 Å². The van der Waals surface area contributed by atoms with Crippen LogP contribution in [-0.4, -0.2) is 20.2 Å². The first kappa shape index (κ1) is 27.9. The third kappa shape index (κ3) is 7.23. The zero-order valence-corrected chi connectivity index (χ0v) is 22.7. The van der Waals surface area contributed by atoms with Crippen LogP contribution in [-0.2, 0) is 19.6 Å². The Bertz CT molecular complexity index is 1660. The summed E-state index contributed by atoms with van der Waals surface area (Å²) in [6, 6.07) is 27.9. The van der Waals surface area contributed by atoms with Gasteiger partial charge in [-0.15, -0.1) is 0 Å². The van der Waals surface area contributed by atoms with Gasteiger partial charge >= 0.3 is 0 Å². The van der Waals surface area contributed by atoms with Crippen molar-refractivity contribution >= 4 is 68.6 Å². The smallest absolute Gasteiger partial charge is 0.271 e. The van der Waals surface area contributed by atoms with E-state index in [1.54, 1.807) is 42.5 Å². The molecule has 39 heavy (non-hydrogen) atoms. The molecule has 4 aromatic rings. The molecule has 1 N–H and O–H groups in total. The van der Waals surface area contributed by atoms with E-state index >= 15 is 0 Å². The standard InChI is InChI=1S/C30H22Cl2N2O4S/c31-24-12-7-13-25(20-24)34(30(36)19-15-23-10-5-2-6-11-23)39(37,38)26-16-17-27(32)28(21-26)33-29(35)18-14-22-8-3-1-4-9-22/h1-21H,(H,33,35)/b18-14+,19-15+. The van der Waals surface area contributed by atoms with Crippen molar-refractivity contribution in [1.82, 2.24) is 0 Å². The predicted molar refractivity (Wildman–Crippen MR) is 157 cm³/mol. The topological polar surface area (TPSA) is 83.6 Å². The molecule has 0 fully saturated rings. The highest BCUT2D eigenvalue weighted by molar-refractivity contribution is 7.93. The molecule has 0 aliphatic heterocycles. The highest BCUT2D eigenvalue weighted by atomic mass is 35.5. The highest BCUT2D eigenvalue weighted by Crippen LogP contribution is 2.31. The van der Waals surface area contributed by atoms with Crippen molar-refractivity contribution < 1.29 is 18.0 Å². The maximum atomic E-state index is 13.8. The minimum Gasteiger partial charge on any atom is -0.321 e. The quantitative estimate of drug-likeness (QED) is 0.227. The van der Waals surface area contributed by atoms with Gasteiger partial charge in [0.25, 0.3) is 15.9 Å². The molecule has 0 aromatic heterocycles. The van der Waals surface area contributed by atoms with Crippen LogP contribution in [0.2, 0.25) is 10.0 Å². The Morgan fingerprint density at radius 2 is 1.33 bits per heavy atom. The monoisotopic (exact) mass is 576 g/mol. The van der Waals surface area contributed by atoms with Gasteiger partial charge in [-0.2, -0.15) is 4.31 Å². The normalized spacial score (nSPS) is 11.5. The molecule has 196 valence electrons. The number of anilines is 2. The van der Waals surface area contributed by atoms with Crippen molar-refractivity contribution in [1.29, 1.82) is 0 Å². The number of carbonyl (C=O) groups is 2. The molecule has 2 amide bonds. The third-order valence-electron chi connectivity index (χ3n) is 5.42. The van der Waals surface area contributed by atoms with Crippen LogP contribution >= 0.6 is 23.2 Å². The SMILES string of the molecule is O=C(/C=C/c1ccccc1)Nc1cc(S(=O)(=O)N(C(=O)/C=C/c2ccccc2)c2cccc(Cl)c2)ccc1Cl. The summed E-state index contributed by atoms with van der Waals surface area (Å²) in [6.07, 6.45) is 5.61. The van der Waals surface area contributed by atoms with Crippen LogP contribution in [0.4, 0.5) is 11.4 Å². The molecule has 4 rings (SSSR count). The first-order valence-corrected chi connectivity index (χ1v) is 13.9. The largest absolute Gasteiger partial charge is 0.321 e. The van der Waals surface area contributed by atoms with Crippen LogP contribution in [0.15, 0.2) is 120 Å². The fraction of sp³-hybridized carbons (Fsp3) is 0. The van der Waals surface area contributed by atoms with Gasteiger partial charge < -0.3 is 5.32 Å². The van der Waals surface area contributed by atoms with Gasteiger partial charge in [0.1, 0.15) is 0 Å². The molecule has 0 heterocycles. The van der Waals surface area contributed by atoms with Gasteiger partial charge in [-0.1, -0.05) is 89.9 Å². The minimum atomic E-state index is -4.46. The predicted octanol–water partition coefficient (Wildman–Crippen LogP) is 7.08. The third-order valence-corrected chi connectivity index (χ3v) is 7.71. The molecule has 0 saturated heterocycles. The molecule has 0 unspecified atom stereocenters. The minimum absolute atomic E-state index is 0.0524. The number of hydrogen-bond donors (Lipinski definition) is 1. The molecule has 9 heteroatoms. The molecule has 0 atom stereocenters. The molecule has 0 aliphatic carbocycles. The van der Waals surface area contributed by atoms with Crippen molar-refractivity contribution in [2.24, 2.45) is 0 Å². The second-order valence-electron chi connectivity index (χ2n) is 8.21. The van der Waals surface area contributed by atoms with Crippen molar-refractivity contribution in [3.05, 3.63) is 136 Å². The molecule has 0 spiro atoms. The summed E-state index contributed by atoms with van der Waals surface area (Å²) >= 11 is 12.4. The van der Waals surface area contributed by atoms with E-state index in [9.17, 15) is 18.0 Å². The van der Waals surface area contributed by atoms with Crippen molar-refractivity contribution in [2.75, 3.05) is 9.62 Å². The highest BCUT2D eigenvalue weighted by Gasteiger charge is 2.30. The maximum absolute atomic E-state index is 13.8. The van der Waals surface area contributed by atoms with Crippen LogP contribution in [0.1, 0.15) is 11.1 Å². The lowest BCUT2D eigenvalue weighted by molar-refractivity contribution is -0.113. The Morgan fingerprint density at radius 1 is 0.718 bits per heavy atom. The molecule has 0 saturated carbocycles. The summed E-state index contributed by atoms with van der Waals surface area (Å²) in [4.78, 5) is 25.6. The van der Waals surface area contributed by atoms with Gasteiger partial charge in [0.2, 0.25) is 5.91 Å². The van der Waals surface area contributed by atoms with Crippen LogP contribution in [0.5, 0.6) is 0 Å². The Morgan fingerprint density at radius 3 is 1.95 bits per heavy atom. The second-order valence-corrected chi connectivity index (χ2v) is 10.8. The summed E-state index contributed by atoms with van der Waals surface area (Å²) in [5.74, 6) is -1.32. The second kappa shape index (κ2) is 12.6. The molecular formula is C30H22Cl2N2O4S. The van der Waals surface area contributed by atoms with Gasteiger partial charge in [0, 0.05) is 17.2 Å². The van der Waals surface area contributed by atoms with Gasteiger partial charge in [0.05, 0.1) is 21.3 Å². The summed E-state index contributed by atoms with van der Waals surface area (Å²) in [6.45, 7) is 0. The number of hydrogen-bond acceptors (Lipinski definition) is 4. The average Bonchev–Trinajstić information content (AvgIpc) is 2.93. The number of rotatable bonds is 8. The van der Waals surface area contributed by atoms with Crippen LogP contribution in [0.3, 0.4) is 0 Å². The Balaban J connectivity index is 1.67. The molecular weight excluding hydrogens is 555 g/mol. The lowest BCUT2D eigenvalue weighted by Gasteiger charge is -2.22. The summed E-state index contributed by atoms with van der Waals surface area (Å²) in [7, 11) is -4.46. The molecule has 6 nitrogen and oxygen atoms in total. The molecule has 0 aliphatic rings. The fourth-order valence-electron chi connectivity index (χ4n) is 3.56. The van der Waals surface area contributed by atoms with Crippen molar-refractivity contribution in [3.8, 4) is 0 Å². The van der Waals surface area contributed by atoms with E-state index in [0.717, 1.165) is 5.56 Å². The van der Waals surface area contributed by atoms with E-state index in [-0.39, 0.29) is 26.3 Å². The van der Waals surface area contributed by atoms with Crippen molar-refractivity contribution in [3.63, 3.8) is 0 Å². The van der Waals surface area contributed by atoms with E-state index in [1.165, 1.54) is 48.6 Å². The Hall–Kier alpha value is -4.17. The summed E-state index contributed by atoms with van der Waals surface area (Å²) in [5.41, 5.74) is 1.65. The zero-order valence-electron chi connectivity index (χ0n) is 20.4. The van der Waals surface area contributed by atoms with E-state index in [0.29, 0.717) is 9.87 Å². The van der Waals surface area contributed by atoms with Gasteiger partial charge in [-0.25, -0.2) is 8.42 Å². The number of nitrogens with zero attached hydrogens (tertiary/aromatic N) is 1.